The second-order valence-electron chi connectivity index (χ2n) is 4.33. The van der Waals surface area contributed by atoms with Crippen LogP contribution in [0, 0.1) is 5.92 Å². The van der Waals surface area contributed by atoms with E-state index >= 15 is 0 Å². The second-order valence-corrected chi connectivity index (χ2v) is 4.69. The van der Waals surface area contributed by atoms with E-state index in [1.807, 2.05) is 11.9 Å². The van der Waals surface area contributed by atoms with Gasteiger partial charge < -0.3 is 0 Å². The minimum atomic E-state index is 0.504. The Morgan fingerprint density at radius 1 is 1.47 bits per heavy atom. The zero-order valence-electron chi connectivity index (χ0n) is 10.2. The summed E-state index contributed by atoms with van der Waals surface area (Å²) in [6, 6.07) is 0. The molecule has 0 bridgehead atoms. The van der Waals surface area contributed by atoms with Gasteiger partial charge in [-0.05, 0) is 12.8 Å². The first kappa shape index (κ1) is 12.2. The Balaban J connectivity index is 2.25. The van der Waals surface area contributed by atoms with Crippen molar-refractivity contribution >= 4 is 17.4 Å². The Kier molecular flexibility index (Phi) is 3.54. The Morgan fingerprint density at radius 2 is 2.24 bits per heavy atom. The van der Waals surface area contributed by atoms with E-state index in [9.17, 15) is 0 Å². The zero-order valence-corrected chi connectivity index (χ0v) is 11.0. The van der Waals surface area contributed by atoms with Crippen molar-refractivity contribution in [3.8, 4) is 0 Å². The van der Waals surface area contributed by atoms with Crippen molar-refractivity contribution in [2.75, 3.05) is 6.54 Å². The molecule has 2 heterocycles. The number of hydrazine groups is 2. The highest BCUT2D eigenvalue weighted by Gasteiger charge is 2.22. The second kappa shape index (κ2) is 4.93. The molecule has 0 amide bonds. The maximum Gasteiger partial charge on any atom is 0.177 e. The van der Waals surface area contributed by atoms with E-state index in [4.69, 9.17) is 11.6 Å². The van der Waals surface area contributed by atoms with Crippen molar-refractivity contribution in [1.29, 1.82) is 0 Å². The van der Waals surface area contributed by atoms with E-state index < -0.39 is 0 Å². The van der Waals surface area contributed by atoms with Crippen LogP contribution in [0.25, 0.3) is 0 Å². The van der Waals surface area contributed by atoms with Crippen molar-refractivity contribution in [3.05, 3.63) is 16.9 Å². The third kappa shape index (κ3) is 2.37. The van der Waals surface area contributed by atoms with E-state index in [0.29, 0.717) is 11.1 Å². The van der Waals surface area contributed by atoms with Crippen LogP contribution in [0.1, 0.15) is 26.3 Å². The molecule has 94 valence electrons. The van der Waals surface area contributed by atoms with Gasteiger partial charge in [0.1, 0.15) is 5.15 Å². The summed E-state index contributed by atoms with van der Waals surface area (Å²) in [5, 5.41) is 10.9. The van der Waals surface area contributed by atoms with Gasteiger partial charge in [-0.25, -0.2) is 5.53 Å². The van der Waals surface area contributed by atoms with Gasteiger partial charge in [0.15, 0.2) is 5.84 Å². The van der Waals surface area contributed by atoms with Gasteiger partial charge in [0.2, 0.25) is 0 Å². The third-order valence-corrected chi connectivity index (χ3v) is 2.87. The predicted molar refractivity (Wildman–Crippen MR) is 67.3 cm³/mol. The van der Waals surface area contributed by atoms with Crippen molar-refractivity contribution in [1.82, 2.24) is 25.9 Å². The van der Waals surface area contributed by atoms with E-state index in [2.05, 4.69) is 35.1 Å². The molecule has 0 atom stereocenters. The summed E-state index contributed by atoms with van der Waals surface area (Å²) in [5.74, 6) is 1.27. The fourth-order valence-corrected chi connectivity index (χ4v) is 1.93. The molecular formula is C10H17ClN6. The lowest BCUT2D eigenvalue weighted by Crippen LogP contribution is -2.40. The van der Waals surface area contributed by atoms with Gasteiger partial charge in [-0.15, -0.1) is 10.6 Å². The molecule has 7 heteroatoms. The van der Waals surface area contributed by atoms with E-state index in [1.54, 1.807) is 10.9 Å². The topological polar surface area (TPSA) is 57.5 Å². The van der Waals surface area contributed by atoms with E-state index in [-0.39, 0.29) is 0 Å². The smallest absolute Gasteiger partial charge is 0.177 e. The Bertz CT molecular complexity index is 424. The molecule has 1 aromatic rings. The van der Waals surface area contributed by atoms with Crippen LogP contribution >= 0.6 is 11.6 Å². The SMILES string of the molecule is CCN1NNN=C1c1cnn(CC(C)C)c1Cl. The predicted octanol–water partition coefficient (Wildman–Crippen LogP) is 1.20. The van der Waals surface area contributed by atoms with Crippen LogP contribution in [0.15, 0.2) is 11.3 Å². The maximum absolute atomic E-state index is 6.31. The molecule has 0 aromatic carbocycles. The number of rotatable bonds is 4. The summed E-state index contributed by atoms with van der Waals surface area (Å²) < 4.78 is 1.80. The lowest BCUT2D eigenvalue weighted by molar-refractivity contribution is 0.308. The molecule has 0 saturated carbocycles. The van der Waals surface area contributed by atoms with Crippen LogP contribution in [0.4, 0.5) is 0 Å². The molecule has 6 nitrogen and oxygen atoms in total. The number of hydrogen-bond donors (Lipinski definition) is 2. The number of nitrogens with one attached hydrogen (secondary N) is 2. The molecule has 2 N–H and O–H groups in total. The Labute approximate surface area is 106 Å². The average Bonchev–Trinajstić information content (AvgIpc) is 2.86. The first-order chi connectivity index (χ1) is 8.13. The fourth-order valence-electron chi connectivity index (χ4n) is 1.68. The van der Waals surface area contributed by atoms with E-state index in [1.165, 1.54) is 0 Å². The minimum absolute atomic E-state index is 0.504. The summed E-state index contributed by atoms with van der Waals surface area (Å²) in [5.41, 5.74) is 6.47. The number of amidine groups is 1. The summed E-state index contributed by atoms with van der Waals surface area (Å²) in [6.45, 7) is 7.89. The van der Waals surface area contributed by atoms with Crippen molar-refractivity contribution in [2.45, 2.75) is 27.3 Å². The molecule has 1 aromatic heterocycles. The lowest BCUT2D eigenvalue weighted by Gasteiger charge is -2.15. The molecular weight excluding hydrogens is 240 g/mol. The highest BCUT2D eigenvalue weighted by molar-refractivity contribution is 6.33. The van der Waals surface area contributed by atoms with E-state index in [0.717, 1.165) is 24.5 Å². The van der Waals surface area contributed by atoms with Gasteiger partial charge in [-0.2, -0.15) is 5.10 Å². The van der Waals surface area contributed by atoms with Crippen molar-refractivity contribution in [3.63, 3.8) is 0 Å². The molecule has 0 radical (unpaired) electrons. The summed E-state index contributed by atoms with van der Waals surface area (Å²) >= 11 is 6.31. The van der Waals surface area contributed by atoms with Gasteiger partial charge in [-0.1, -0.05) is 25.4 Å². The van der Waals surface area contributed by atoms with Gasteiger partial charge in [0.05, 0.1) is 11.8 Å². The number of hydrazone groups is 1. The first-order valence-electron chi connectivity index (χ1n) is 5.71. The largest absolute Gasteiger partial charge is 0.271 e. The first-order valence-corrected chi connectivity index (χ1v) is 6.08. The molecule has 1 aliphatic heterocycles. The van der Waals surface area contributed by atoms with Crippen LogP contribution in [0.5, 0.6) is 0 Å². The van der Waals surface area contributed by atoms with Crippen LogP contribution < -0.4 is 11.1 Å². The van der Waals surface area contributed by atoms with Gasteiger partial charge in [-0.3, -0.25) is 9.69 Å². The Hall–Kier alpha value is -1.27. The molecule has 17 heavy (non-hydrogen) atoms. The molecule has 0 spiro atoms. The van der Waals surface area contributed by atoms with Crippen LogP contribution in [-0.4, -0.2) is 27.2 Å². The van der Waals surface area contributed by atoms with Gasteiger partial charge in [0.25, 0.3) is 0 Å². The lowest BCUT2D eigenvalue weighted by atomic mass is 10.2. The van der Waals surface area contributed by atoms with Crippen LogP contribution in [0.2, 0.25) is 5.15 Å². The van der Waals surface area contributed by atoms with Crippen molar-refractivity contribution in [2.24, 2.45) is 11.0 Å². The van der Waals surface area contributed by atoms with Gasteiger partial charge in [0, 0.05) is 13.1 Å². The van der Waals surface area contributed by atoms with Crippen LogP contribution in [0.3, 0.4) is 0 Å². The van der Waals surface area contributed by atoms with Crippen LogP contribution in [-0.2, 0) is 6.54 Å². The maximum atomic E-state index is 6.31. The number of nitrogens with zero attached hydrogens (tertiary/aromatic N) is 4. The standard InChI is InChI=1S/C10H17ClN6/c1-4-16-10(13-14-15-16)8-5-12-17(9(8)11)6-7(2)3/h5,7,14-15H,4,6H2,1-3H3. The molecule has 0 fully saturated rings. The minimum Gasteiger partial charge on any atom is -0.271 e. The van der Waals surface area contributed by atoms with Gasteiger partial charge >= 0.3 is 0 Å². The zero-order chi connectivity index (χ0) is 12.4. The number of hydrogen-bond acceptors (Lipinski definition) is 5. The molecule has 2 rings (SSSR count). The molecule has 0 saturated heterocycles. The Morgan fingerprint density at radius 3 is 2.88 bits per heavy atom. The molecule has 0 unspecified atom stereocenters. The average molecular weight is 257 g/mol. The molecule has 1 aliphatic rings. The third-order valence-electron chi connectivity index (χ3n) is 2.47. The monoisotopic (exact) mass is 256 g/mol. The normalized spacial score (nSPS) is 15.4. The number of halogens is 1. The molecule has 0 aliphatic carbocycles. The summed E-state index contributed by atoms with van der Waals surface area (Å²) in [4.78, 5) is 0. The highest BCUT2D eigenvalue weighted by atomic mass is 35.5. The quantitative estimate of drug-likeness (QED) is 0.850. The van der Waals surface area contributed by atoms with Crippen molar-refractivity contribution < 1.29 is 0 Å². The highest BCUT2D eigenvalue weighted by Crippen LogP contribution is 2.19. The fraction of sp³-hybridized carbons (Fsp3) is 0.600. The summed E-state index contributed by atoms with van der Waals surface area (Å²) in [6.07, 6.45) is 1.75. The summed E-state index contributed by atoms with van der Waals surface area (Å²) in [7, 11) is 0. The number of aromatic nitrogens is 2.